The van der Waals surface area contributed by atoms with Gasteiger partial charge < -0.3 is 5.32 Å². The first-order valence-corrected chi connectivity index (χ1v) is 7.10. The van der Waals surface area contributed by atoms with Gasteiger partial charge in [0.1, 0.15) is 0 Å². The van der Waals surface area contributed by atoms with Gasteiger partial charge in [0, 0.05) is 6.20 Å². The van der Waals surface area contributed by atoms with E-state index in [4.69, 9.17) is 11.6 Å². The van der Waals surface area contributed by atoms with Crippen molar-refractivity contribution < 1.29 is 18.0 Å². The van der Waals surface area contributed by atoms with Gasteiger partial charge in [0.2, 0.25) is 0 Å². The maximum absolute atomic E-state index is 12.8. The fourth-order valence-corrected chi connectivity index (χ4v) is 2.23. The molecule has 122 valence electrons. The van der Waals surface area contributed by atoms with Gasteiger partial charge in [-0.3, -0.25) is 9.78 Å². The molecule has 0 radical (unpaired) electrons. The zero-order chi connectivity index (χ0) is 17.3. The lowest BCUT2D eigenvalue weighted by Gasteiger charge is -2.26. The number of rotatable bonds is 3. The number of alkyl halides is 3. The van der Waals surface area contributed by atoms with Gasteiger partial charge in [-0.25, -0.2) is 0 Å². The number of nitrogens with zero attached hydrogens (tertiary/aromatic N) is 1. The van der Waals surface area contributed by atoms with Crippen LogP contribution in [0.5, 0.6) is 0 Å². The molecule has 0 atom stereocenters. The lowest BCUT2D eigenvalue weighted by Crippen LogP contribution is -2.41. The van der Waals surface area contributed by atoms with Crippen LogP contribution in [0.25, 0.3) is 0 Å². The van der Waals surface area contributed by atoms with Crippen molar-refractivity contribution in [1.82, 2.24) is 10.3 Å². The van der Waals surface area contributed by atoms with Crippen LogP contribution in [0.15, 0.2) is 42.6 Å². The van der Waals surface area contributed by atoms with Crippen LogP contribution in [0.1, 0.15) is 35.5 Å². The second-order valence-electron chi connectivity index (χ2n) is 5.49. The first kappa shape index (κ1) is 17.3. The zero-order valence-electron chi connectivity index (χ0n) is 12.4. The molecule has 1 aromatic carbocycles. The molecule has 2 rings (SSSR count). The normalized spacial score (nSPS) is 12.1. The Bertz CT molecular complexity index is 715. The maximum atomic E-state index is 12.8. The number of halogens is 4. The quantitative estimate of drug-likeness (QED) is 0.897. The Kier molecular flexibility index (Phi) is 4.66. The molecule has 3 nitrogen and oxygen atoms in total. The lowest BCUT2D eigenvalue weighted by atomic mass is 9.99. The summed E-state index contributed by atoms with van der Waals surface area (Å²) in [5, 5.41) is 2.61. The summed E-state index contributed by atoms with van der Waals surface area (Å²) >= 11 is 5.87. The molecule has 1 N–H and O–H groups in total. The number of nitrogens with one attached hydrogen (secondary N) is 1. The van der Waals surface area contributed by atoms with E-state index in [2.05, 4.69) is 10.3 Å². The second kappa shape index (κ2) is 6.20. The fraction of sp³-hybridized carbons (Fsp3) is 0.250. The molecule has 7 heteroatoms. The van der Waals surface area contributed by atoms with Crippen molar-refractivity contribution in [3.63, 3.8) is 0 Å². The van der Waals surface area contributed by atoms with Gasteiger partial charge in [0.25, 0.3) is 5.91 Å². The van der Waals surface area contributed by atoms with Crippen molar-refractivity contribution in [1.29, 1.82) is 0 Å². The second-order valence-corrected chi connectivity index (χ2v) is 5.89. The summed E-state index contributed by atoms with van der Waals surface area (Å²) in [7, 11) is 0. The number of benzene rings is 1. The van der Waals surface area contributed by atoms with Gasteiger partial charge in [0.05, 0.1) is 27.4 Å². The van der Waals surface area contributed by atoms with Crippen molar-refractivity contribution in [3.8, 4) is 0 Å². The van der Waals surface area contributed by atoms with Gasteiger partial charge >= 0.3 is 6.18 Å². The Morgan fingerprint density at radius 2 is 1.87 bits per heavy atom. The fourth-order valence-electron chi connectivity index (χ4n) is 2.02. The molecular formula is C16H14ClF3N2O. The van der Waals surface area contributed by atoms with Gasteiger partial charge in [-0.1, -0.05) is 17.7 Å². The smallest absolute Gasteiger partial charge is 0.341 e. The Balaban J connectivity index is 2.31. The van der Waals surface area contributed by atoms with Crippen LogP contribution in [-0.2, 0) is 11.7 Å². The monoisotopic (exact) mass is 342 g/mol. The first-order valence-electron chi connectivity index (χ1n) is 6.72. The molecule has 0 aliphatic carbocycles. The molecule has 0 saturated heterocycles. The SMILES string of the molecule is CC(C)(NC(=O)c1cc(C(F)(F)F)ccc1Cl)c1ccccn1. The van der Waals surface area contributed by atoms with Crippen molar-refractivity contribution in [2.24, 2.45) is 0 Å². The highest BCUT2D eigenvalue weighted by atomic mass is 35.5. The molecule has 0 unspecified atom stereocenters. The molecule has 0 saturated carbocycles. The molecule has 0 aliphatic heterocycles. The molecule has 23 heavy (non-hydrogen) atoms. The Labute approximate surface area is 136 Å². The van der Waals surface area contributed by atoms with Crippen LogP contribution < -0.4 is 5.32 Å². The van der Waals surface area contributed by atoms with Gasteiger partial charge in [-0.2, -0.15) is 13.2 Å². The average molecular weight is 343 g/mol. The van der Waals surface area contributed by atoms with E-state index in [1.807, 2.05) is 0 Å². The van der Waals surface area contributed by atoms with E-state index in [-0.39, 0.29) is 10.6 Å². The average Bonchev–Trinajstić information content (AvgIpc) is 2.47. The van der Waals surface area contributed by atoms with Crippen LogP contribution in [0.3, 0.4) is 0 Å². The number of amides is 1. The minimum absolute atomic E-state index is 0.0488. The molecule has 0 fully saturated rings. The van der Waals surface area contributed by atoms with Gasteiger partial charge in [0.15, 0.2) is 0 Å². The van der Waals surface area contributed by atoms with E-state index < -0.39 is 23.2 Å². The number of hydrogen-bond donors (Lipinski definition) is 1. The summed E-state index contributed by atoms with van der Waals surface area (Å²) in [4.78, 5) is 16.5. The molecule has 0 bridgehead atoms. The van der Waals surface area contributed by atoms with E-state index >= 15 is 0 Å². The van der Waals surface area contributed by atoms with Crippen LogP contribution in [-0.4, -0.2) is 10.9 Å². The van der Waals surface area contributed by atoms with Crippen LogP contribution in [0.2, 0.25) is 5.02 Å². The summed E-state index contributed by atoms with van der Waals surface area (Å²) in [6.07, 6.45) is -2.98. The minimum atomic E-state index is -4.55. The molecule has 2 aromatic rings. The van der Waals surface area contributed by atoms with E-state index in [0.717, 1.165) is 18.2 Å². The topological polar surface area (TPSA) is 42.0 Å². The number of pyridine rings is 1. The van der Waals surface area contributed by atoms with Gasteiger partial charge in [-0.15, -0.1) is 0 Å². The van der Waals surface area contributed by atoms with E-state index in [9.17, 15) is 18.0 Å². The lowest BCUT2D eigenvalue weighted by molar-refractivity contribution is -0.137. The van der Waals surface area contributed by atoms with Crippen molar-refractivity contribution in [3.05, 3.63) is 64.4 Å². The Hall–Kier alpha value is -2.08. The summed E-state index contributed by atoms with van der Waals surface area (Å²) in [5.41, 5.74) is -1.44. The third kappa shape index (κ3) is 4.01. The zero-order valence-corrected chi connectivity index (χ0v) is 13.2. The molecule has 1 heterocycles. The molecule has 0 aliphatic rings. The summed E-state index contributed by atoms with van der Waals surface area (Å²) in [6.45, 7) is 3.41. The predicted molar refractivity (Wildman–Crippen MR) is 81.2 cm³/mol. The first-order chi connectivity index (χ1) is 10.6. The van der Waals surface area contributed by atoms with Gasteiger partial charge in [-0.05, 0) is 44.2 Å². The minimum Gasteiger partial charge on any atom is -0.341 e. The molecular weight excluding hydrogens is 329 g/mol. The van der Waals surface area contributed by atoms with E-state index in [1.54, 1.807) is 38.2 Å². The van der Waals surface area contributed by atoms with Crippen molar-refractivity contribution >= 4 is 17.5 Å². The van der Waals surface area contributed by atoms with Crippen LogP contribution in [0, 0.1) is 0 Å². The third-order valence-electron chi connectivity index (χ3n) is 3.27. The van der Waals surface area contributed by atoms with Crippen molar-refractivity contribution in [2.45, 2.75) is 25.6 Å². The highest BCUT2D eigenvalue weighted by molar-refractivity contribution is 6.33. The van der Waals surface area contributed by atoms with Crippen LogP contribution in [0.4, 0.5) is 13.2 Å². The summed E-state index contributed by atoms with van der Waals surface area (Å²) < 4.78 is 38.3. The number of carbonyl (C=O) groups is 1. The summed E-state index contributed by atoms with van der Waals surface area (Å²) in [5.74, 6) is -0.697. The molecule has 0 spiro atoms. The Morgan fingerprint density at radius 1 is 1.17 bits per heavy atom. The maximum Gasteiger partial charge on any atom is 0.416 e. The Morgan fingerprint density at radius 3 is 2.43 bits per heavy atom. The summed E-state index contributed by atoms with van der Waals surface area (Å²) in [6, 6.07) is 7.84. The molecule has 1 aromatic heterocycles. The highest BCUT2D eigenvalue weighted by Gasteiger charge is 2.32. The van der Waals surface area contributed by atoms with Crippen LogP contribution >= 0.6 is 11.6 Å². The third-order valence-corrected chi connectivity index (χ3v) is 3.60. The van der Waals surface area contributed by atoms with E-state index in [0.29, 0.717) is 5.69 Å². The number of aromatic nitrogens is 1. The highest BCUT2D eigenvalue weighted by Crippen LogP contribution is 2.32. The standard InChI is InChI=1S/C16H14ClF3N2O/c1-15(2,13-5-3-4-8-21-13)22-14(23)11-9-10(16(18,19)20)6-7-12(11)17/h3-9H,1-2H3,(H,22,23). The number of carbonyl (C=O) groups excluding carboxylic acids is 1. The molecule has 1 amide bonds. The van der Waals surface area contributed by atoms with E-state index in [1.165, 1.54) is 0 Å². The number of hydrogen-bond acceptors (Lipinski definition) is 2. The predicted octanol–water partition coefficient (Wildman–Crippen LogP) is 4.42. The van der Waals surface area contributed by atoms with Crippen molar-refractivity contribution in [2.75, 3.05) is 0 Å². The largest absolute Gasteiger partial charge is 0.416 e.